The molecule has 1 atom stereocenters. The molecule has 2 aromatic rings. The molecule has 1 unspecified atom stereocenters. The van der Waals surface area contributed by atoms with Gasteiger partial charge in [0.15, 0.2) is 0 Å². The number of rotatable bonds is 4. The summed E-state index contributed by atoms with van der Waals surface area (Å²) < 4.78 is 13.5. The zero-order valence-corrected chi connectivity index (χ0v) is 13.8. The maximum atomic E-state index is 13.5. The van der Waals surface area contributed by atoms with E-state index in [1.54, 1.807) is 23.7 Å². The van der Waals surface area contributed by atoms with E-state index < -0.39 is 17.8 Å². The van der Waals surface area contributed by atoms with Gasteiger partial charge in [0.05, 0.1) is 0 Å². The van der Waals surface area contributed by atoms with Gasteiger partial charge >= 0.3 is 0 Å². The number of hydrogen-bond acceptors (Lipinski definition) is 4. The first-order valence-corrected chi connectivity index (χ1v) is 7.94. The predicted molar refractivity (Wildman–Crippen MR) is 91.5 cm³/mol. The van der Waals surface area contributed by atoms with Gasteiger partial charge in [0.1, 0.15) is 11.9 Å². The second kappa shape index (κ2) is 7.08. The van der Waals surface area contributed by atoms with Gasteiger partial charge in [-0.15, -0.1) is 0 Å². The average molecular weight is 364 g/mol. The highest BCUT2D eigenvalue weighted by atomic mass is 35.5. The monoisotopic (exact) mass is 363 g/mol. The Morgan fingerprint density at radius 1 is 1.24 bits per heavy atom. The first kappa shape index (κ1) is 17.2. The minimum absolute atomic E-state index is 0.182. The van der Waals surface area contributed by atoms with E-state index in [4.69, 9.17) is 16.8 Å². The Kier molecular flexibility index (Phi) is 4.87. The number of hydroxylamine groups is 1. The van der Waals surface area contributed by atoms with Crippen LogP contribution in [0.4, 0.5) is 15.8 Å². The normalized spacial score (nSPS) is 16.8. The summed E-state index contributed by atoms with van der Waals surface area (Å²) in [4.78, 5) is 25.3. The van der Waals surface area contributed by atoms with Crippen molar-refractivity contribution in [3.8, 4) is 0 Å². The van der Waals surface area contributed by atoms with Crippen LogP contribution >= 0.6 is 11.6 Å². The molecule has 6 nitrogen and oxygen atoms in total. The molecule has 0 spiro atoms. The highest BCUT2D eigenvalue weighted by molar-refractivity contribution is 6.31. The Bertz CT molecular complexity index is 793. The molecule has 0 aliphatic carbocycles. The van der Waals surface area contributed by atoms with E-state index >= 15 is 0 Å². The van der Waals surface area contributed by atoms with Gasteiger partial charge in [-0.2, -0.15) is 0 Å². The van der Waals surface area contributed by atoms with Crippen LogP contribution in [0.5, 0.6) is 0 Å². The number of hydrogen-bond donors (Lipinski definition) is 3. The summed E-state index contributed by atoms with van der Waals surface area (Å²) in [6.07, 6.45) is 0.547. The Morgan fingerprint density at radius 2 is 1.96 bits per heavy atom. The third-order valence-corrected chi connectivity index (χ3v) is 4.17. The van der Waals surface area contributed by atoms with Crippen molar-refractivity contribution in [2.45, 2.75) is 12.5 Å². The maximum Gasteiger partial charge on any atom is 0.274 e. The smallest absolute Gasteiger partial charge is 0.274 e. The van der Waals surface area contributed by atoms with Crippen LogP contribution in [0.15, 0.2) is 42.5 Å². The maximum absolute atomic E-state index is 13.5. The van der Waals surface area contributed by atoms with E-state index in [1.165, 1.54) is 29.2 Å². The van der Waals surface area contributed by atoms with Crippen LogP contribution in [0, 0.1) is 5.82 Å². The van der Waals surface area contributed by atoms with E-state index in [0.717, 1.165) is 0 Å². The van der Waals surface area contributed by atoms with E-state index in [0.29, 0.717) is 29.9 Å². The quantitative estimate of drug-likeness (QED) is 0.576. The highest BCUT2D eigenvalue weighted by Gasteiger charge is 2.32. The molecule has 0 aromatic heterocycles. The van der Waals surface area contributed by atoms with Crippen LogP contribution in [-0.2, 0) is 4.79 Å². The third-order valence-electron chi connectivity index (χ3n) is 3.95. The fourth-order valence-electron chi connectivity index (χ4n) is 2.75. The Morgan fingerprint density at radius 3 is 2.60 bits per heavy atom. The first-order chi connectivity index (χ1) is 12.0. The van der Waals surface area contributed by atoms with Crippen molar-refractivity contribution in [2.75, 3.05) is 16.8 Å². The number of carbonyl (C=O) groups is 2. The largest absolute Gasteiger partial charge is 0.374 e. The molecular formula is C17H15ClFN3O3. The Balaban J connectivity index is 1.71. The van der Waals surface area contributed by atoms with Gasteiger partial charge in [0.2, 0.25) is 5.91 Å². The molecule has 25 heavy (non-hydrogen) atoms. The van der Waals surface area contributed by atoms with Crippen molar-refractivity contribution in [1.29, 1.82) is 0 Å². The number of benzene rings is 2. The van der Waals surface area contributed by atoms with E-state index in [2.05, 4.69) is 5.32 Å². The van der Waals surface area contributed by atoms with Gasteiger partial charge in [-0.1, -0.05) is 11.6 Å². The van der Waals surface area contributed by atoms with Crippen LogP contribution < -0.4 is 15.7 Å². The minimum Gasteiger partial charge on any atom is -0.374 e. The van der Waals surface area contributed by atoms with Crippen molar-refractivity contribution in [3.05, 3.63) is 58.9 Å². The molecule has 1 saturated heterocycles. The average Bonchev–Trinajstić information content (AvgIpc) is 2.95. The number of halogens is 2. The van der Waals surface area contributed by atoms with Gasteiger partial charge in [-0.25, -0.2) is 9.87 Å². The van der Waals surface area contributed by atoms with Gasteiger partial charge < -0.3 is 10.2 Å². The summed E-state index contributed by atoms with van der Waals surface area (Å²) in [5, 5.41) is 11.9. The molecule has 0 saturated carbocycles. The predicted octanol–water partition coefficient (Wildman–Crippen LogP) is 2.82. The second-order valence-electron chi connectivity index (χ2n) is 5.62. The summed E-state index contributed by atoms with van der Waals surface area (Å²) in [5.74, 6) is -1.29. The van der Waals surface area contributed by atoms with Crippen LogP contribution in [0.25, 0.3) is 0 Å². The summed E-state index contributed by atoms with van der Waals surface area (Å²) in [5.41, 5.74) is 2.93. The van der Waals surface area contributed by atoms with Crippen LogP contribution in [0.1, 0.15) is 16.8 Å². The number of amides is 2. The zero-order chi connectivity index (χ0) is 18.0. The van der Waals surface area contributed by atoms with Crippen LogP contribution in [-0.4, -0.2) is 29.6 Å². The second-order valence-corrected chi connectivity index (χ2v) is 6.06. The topological polar surface area (TPSA) is 81.7 Å². The molecule has 8 heteroatoms. The van der Waals surface area contributed by atoms with Gasteiger partial charge in [0, 0.05) is 28.5 Å². The lowest BCUT2D eigenvalue weighted by Gasteiger charge is -2.18. The number of nitrogens with one attached hydrogen (secondary N) is 2. The van der Waals surface area contributed by atoms with Gasteiger partial charge in [-0.3, -0.25) is 14.8 Å². The summed E-state index contributed by atoms with van der Waals surface area (Å²) in [6.45, 7) is 0.446. The van der Waals surface area contributed by atoms with Crippen LogP contribution in [0.3, 0.4) is 0 Å². The molecule has 1 aliphatic rings. The lowest BCUT2D eigenvalue weighted by molar-refractivity contribution is -0.117. The SMILES string of the molecule is O=C(NO)c1ccc(NC2CCN(c3cc(F)cc(Cl)c3)C2=O)cc1. The molecule has 0 radical (unpaired) electrons. The molecule has 2 aromatic carbocycles. The molecule has 2 amide bonds. The molecular weight excluding hydrogens is 349 g/mol. The van der Waals surface area contributed by atoms with Crippen molar-refractivity contribution in [1.82, 2.24) is 5.48 Å². The number of nitrogens with zero attached hydrogens (tertiary/aromatic N) is 1. The van der Waals surface area contributed by atoms with E-state index in [-0.39, 0.29) is 10.9 Å². The summed E-state index contributed by atoms with van der Waals surface area (Å²) in [6, 6.07) is 9.88. The molecule has 1 fully saturated rings. The first-order valence-electron chi connectivity index (χ1n) is 7.56. The highest BCUT2D eigenvalue weighted by Crippen LogP contribution is 2.27. The third kappa shape index (κ3) is 3.72. The Hall–Kier alpha value is -2.64. The van der Waals surface area contributed by atoms with Crippen LogP contribution in [0.2, 0.25) is 5.02 Å². The van der Waals surface area contributed by atoms with E-state index in [1.807, 2.05) is 0 Å². The lowest BCUT2D eigenvalue weighted by atomic mass is 10.1. The fourth-order valence-corrected chi connectivity index (χ4v) is 2.96. The molecule has 1 heterocycles. The molecule has 1 aliphatic heterocycles. The molecule has 3 N–H and O–H groups in total. The zero-order valence-electron chi connectivity index (χ0n) is 13.0. The number of carbonyl (C=O) groups excluding carboxylic acids is 2. The minimum atomic E-state index is -0.613. The van der Waals surface area contributed by atoms with Crippen molar-refractivity contribution in [2.24, 2.45) is 0 Å². The number of anilines is 2. The lowest BCUT2D eigenvalue weighted by Crippen LogP contribution is -2.33. The molecule has 130 valence electrons. The van der Waals surface area contributed by atoms with Crippen molar-refractivity contribution in [3.63, 3.8) is 0 Å². The van der Waals surface area contributed by atoms with E-state index in [9.17, 15) is 14.0 Å². The Labute approximate surface area is 148 Å². The van der Waals surface area contributed by atoms with Gasteiger partial charge in [0.25, 0.3) is 5.91 Å². The summed E-state index contributed by atoms with van der Waals surface area (Å²) >= 11 is 5.85. The molecule has 0 bridgehead atoms. The van der Waals surface area contributed by atoms with Crippen molar-refractivity contribution < 1.29 is 19.2 Å². The van der Waals surface area contributed by atoms with Crippen molar-refractivity contribution >= 4 is 34.8 Å². The standard InChI is InChI=1S/C17H15ClFN3O3/c18-11-7-12(19)9-14(8-11)22-6-5-15(17(22)24)20-13-3-1-10(2-4-13)16(23)21-25/h1-4,7-9,15,20,25H,5-6H2,(H,21,23). The molecule has 3 rings (SSSR count). The van der Waals surface area contributed by atoms with Gasteiger partial charge in [-0.05, 0) is 48.9 Å². The fraction of sp³-hybridized carbons (Fsp3) is 0.176. The summed E-state index contributed by atoms with van der Waals surface area (Å²) in [7, 11) is 0.